The molecule has 0 saturated heterocycles. The highest BCUT2D eigenvalue weighted by Crippen LogP contribution is 2.35. The molecule has 5 nitrogen and oxygen atoms in total. The molecule has 0 aliphatic carbocycles. The minimum atomic E-state index is 0.451. The number of halogens is 2. The molecule has 0 aliphatic heterocycles. The maximum Gasteiger partial charge on any atom is 0.182 e. The van der Waals surface area contributed by atoms with E-state index >= 15 is 0 Å². The molecule has 0 saturated carbocycles. The molecule has 0 aliphatic rings. The molecule has 0 radical (unpaired) electrons. The Hall–Kier alpha value is -1.63. The minimum Gasteiger partial charge on any atom is -0.375 e. The topological polar surface area (TPSA) is 69.6 Å². The lowest BCUT2D eigenvalue weighted by molar-refractivity contribution is 0.895. The summed E-state index contributed by atoms with van der Waals surface area (Å²) in [5.74, 6) is 0. The predicted molar refractivity (Wildman–Crippen MR) is 76.9 cm³/mol. The summed E-state index contributed by atoms with van der Waals surface area (Å²) in [6.45, 7) is 0. The summed E-state index contributed by atoms with van der Waals surface area (Å²) >= 11 is 13.3. The molecule has 1 aromatic carbocycles. The number of nitrogens with two attached hydrogens (primary N) is 1. The summed E-state index contributed by atoms with van der Waals surface area (Å²) < 4.78 is 1.62. The molecule has 2 aromatic heterocycles. The lowest BCUT2D eigenvalue weighted by atomic mass is 10.1. The van der Waals surface area contributed by atoms with Crippen LogP contribution in [0.25, 0.3) is 16.3 Å². The molecule has 0 atom stereocenters. The summed E-state index contributed by atoms with van der Waals surface area (Å²) in [6, 6.07) is 5.31. The number of aromatic nitrogens is 4. The fourth-order valence-electron chi connectivity index (χ4n) is 1.63. The van der Waals surface area contributed by atoms with E-state index in [4.69, 9.17) is 28.9 Å². The Balaban J connectivity index is 2.17. The number of rotatable bonds is 2. The SMILES string of the molecule is Nc1nc(-c2ccc(Cl)c(Cl)c2)c(-n2cncn2)s1. The Morgan fingerprint density at radius 1 is 1.21 bits per heavy atom. The zero-order valence-corrected chi connectivity index (χ0v) is 11.7. The van der Waals surface area contributed by atoms with Crippen molar-refractivity contribution in [2.45, 2.75) is 0 Å². The van der Waals surface area contributed by atoms with Crippen LogP contribution in [0.15, 0.2) is 30.9 Å². The molecule has 96 valence electrons. The van der Waals surface area contributed by atoms with Crippen molar-refractivity contribution in [3.63, 3.8) is 0 Å². The van der Waals surface area contributed by atoms with E-state index in [9.17, 15) is 0 Å². The van der Waals surface area contributed by atoms with Gasteiger partial charge in [-0.05, 0) is 12.1 Å². The smallest absolute Gasteiger partial charge is 0.182 e. The average molecular weight is 312 g/mol. The van der Waals surface area contributed by atoms with Gasteiger partial charge in [0.1, 0.15) is 23.3 Å². The van der Waals surface area contributed by atoms with Gasteiger partial charge in [0.2, 0.25) is 0 Å². The zero-order chi connectivity index (χ0) is 13.4. The van der Waals surface area contributed by atoms with Gasteiger partial charge in [-0.1, -0.05) is 40.6 Å². The van der Waals surface area contributed by atoms with Crippen molar-refractivity contribution in [2.24, 2.45) is 0 Å². The fraction of sp³-hybridized carbons (Fsp3) is 0. The molecule has 0 fully saturated rings. The quantitative estimate of drug-likeness (QED) is 0.788. The van der Waals surface area contributed by atoms with Crippen molar-refractivity contribution >= 4 is 39.7 Å². The van der Waals surface area contributed by atoms with Gasteiger partial charge in [0.15, 0.2) is 5.13 Å². The zero-order valence-electron chi connectivity index (χ0n) is 9.42. The van der Waals surface area contributed by atoms with E-state index in [1.165, 1.54) is 17.7 Å². The molecule has 3 aromatic rings. The number of nitrogens with zero attached hydrogens (tertiary/aromatic N) is 4. The molecule has 2 heterocycles. The van der Waals surface area contributed by atoms with E-state index in [2.05, 4.69) is 15.1 Å². The Morgan fingerprint density at radius 3 is 2.74 bits per heavy atom. The van der Waals surface area contributed by atoms with Crippen molar-refractivity contribution < 1.29 is 0 Å². The normalized spacial score (nSPS) is 10.8. The van der Waals surface area contributed by atoms with Gasteiger partial charge < -0.3 is 5.73 Å². The predicted octanol–water partition coefficient (Wildman–Crippen LogP) is 3.28. The van der Waals surface area contributed by atoms with Gasteiger partial charge in [0.25, 0.3) is 0 Å². The van der Waals surface area contributed by atoms with Crippen LogP contribution in [0.5, 0.6) is 0 Å². The van der Waals surface area contributed by atoms with Crippen LogP contribution < -0.4 is 5.73 Å². The van der Waals surface area contributed by atoms with Crippen LogP contribution in [0.4, 0.5) is 5.13 Å². The largest absolute Gasteiger partial charge is 0.375 e. The van der Waals surface area contributed by atoms with Gasteiger partial charge in [0, 0.05) is 5.56 Å². The van der Waals surface area contributed by atoms with E-state index in [0.29, 0.717) is 20.9 Å². The number of hydrogen-bond donors (Lipinski definition) is 1. The third-order valence-corrected chi connectivity index (χ3v) is 4.06. The minimum absolute atomic E-state index is 0.451. The monoisotopic (exact) mass is 311 g/mol. The molecule has 0 bridgehead atoms. The Labute approximate surface area is 122 Å². The number of benzene rings is 1. The van der Waals surface area contributed by atoms with E-state index in [1.807, 2.05) is 6.07 Å². The number of hydrogen-bond acceptors (Lipinski definition) is 5. The fourth-order valence-corrected chi connectivity index (χ4v) is 2.71. The maximum atomic E-state index is 6.03. The van der Waals surface area contributed by atoms with Crippen molar-refractivity contribution in [1.82, 2.24) is 19.7 Å². The number of thiazole rings is 1. The van der Waals surface area contributed by atoms with Gasteiger partial charge >= 0.3 is 0 Å². The average Bonchev–Trinajstić information content (AvgIpc) is 3.01. The van der Waals surface area contributed by atoms with Crippen LogP contribution in [0.1, 0.15) is 0 Å². The van der Waals surface area contributed by atoms with E-state index in [0.717, 1.165) is 10.6 Å². The van der Waals surface area contributed by atoms with Crippen LogP contribution >= 0.6 is 34.5 Å². The van der Waals surface area contributed by atoms with Crippen LogP contribution in [0.3, 0.4) is 0 Å². The third kappa shape index (κ3) is 2.30. The summed E-state index contributed by atoms with van der Waals surface area (Å²) in [6.07, 6.45) is 3.04. The second-order valence-electron chi connectivity index (χ2n) is 3.67. The lowest BCUT2D eigenvalue weighted by Gasteiger charge is -2.03. The van der Waals surface area contributed by atoms with Crippen molar-refractivity contribution in [3.05, 3.63) is 40.9 Å². The maximum absolute atomic E-state index is 6.03. The van der Waals surface area contributed by atoms with Crippen LogP contribution in [-0.2, 0) is 0 Å². The molecular formula is C11H7Cl2N5S. The molecule has 0 amide bonds. The first-order chi connectivity index (χ1) is 9.15. The van der Waals surface area contributed by atoms with Crippen LogP contribution in [-0.4, -0.2) is 19.7 Å². The molecule has 3 rings (SSSR count). The summed E-state index contributed by atoms with van der Waals surface area (Å²) in [5, 5.41) is 6.29. The van der Waals surface area contributed by atoms with Gasteiger partial charge in [-0.3, -0.25) is 0 Å². The highest BCUT2D eigenvalue weighted by molar-refractivity contribution is 7.18. The molecule has 19 heavy (non-hydrogen) atoms. The lowest BCUT2D eigenvalue weighted by Crippen LogP contribution is -1.94. The Morgan fingerprint density at radius 2 is 2.05 bits per heavy atom. The first-order valence-corrected chi connectivity index (χ1v) is 6.79. The first kappa shape index (κ1) is 12.4. The molecular weight excluding hydrogens is 305 g/mol. The van der Waals surface area contributed by atoms with Gasteiger partial charge in [0.05, 0.1) is 10.0 Å². The van der Waals surface area contributed by atoms with Gasteiger partial charge in [-0.25, -0.2) is 14.6 Å². The van der Waals surface area contributed by atoms with Gasteiger partial charge in [-0.15, -0.1) is 0 Å². The van der Waals surface area contributed by atoms with Crippen molar-refractivity contribution in [2.75, 3.05) is 5.73 Å². The van der Waals surface area contributed by atoms with Crippen LogP contribution in [0.2, 0.25) is 10.0 Å². The Bertz CT molecular complexity index is 723. The molecule has 0 unspecified atom stereocenters. The summed E-state index contributed by atoms with van der Waals surface area (Å²) in [5.41, 5.74) is 7.30. The molecule has 8 heteroatoms. The van der Waals surface area contributed by atoms with Crippen molar-refractivity contribution in [3.8, 4) is 16.3 Å². The van der Waals surface area contributed by atoms with E-state index in [-0.39, 0.29) is 0 Å². The third-order valence-electron chi connectivity index (χ3n) is 2.45. The highest BCUT2D eigenvalue weighted by Gasteiger charge is 2.15. The first-order valence-electron chi connectivity index (χ1n) is 5.22. The van der Waals surface area contributed by atoms with E-state index in [1.54, 1.807) is 23.1 Å². The number of nitrogen functional groups attached to an aromatic ring is 1. The second kappa shape index (κ2) is 4.80. The summed E-state index contributed by atoms with van der Waals surface area (Å²) in [7, 11) is 0. The number of anilines is 1. The second-order valence-corrected chi connectivity index (χ2v) is 5.50. The van der Waals surface area contributed by atoms with Crippen molar-refractivity contribution in [1.29, 1.82) is 0 Å². The molecule has 0 spiro atoms. The molecule has 2 N–H and O–H groups in total. The van der Waals surface area contributed by atoms with Crippen LogP contribution in [0, 0.1) is 0 Å². The Kier molecular flexibility index (Phi) is 3.14. The standard InChI is InChI=1S/C11H7Cl2N5S/c12-7-2-1-6(3-8(7)13)9-10(19-11(14)17-9)18-5-15-4-16-18/h1-5H,(H2,14,17). The van der Waals surface area contributed by atoms with E-state index < -0.39 is 0 Å². The van der Waals surface area contributed by atoms with Gasteiger partial charge in [-0.2, -0.15) is 5.10 Å². The highest BCUT2D eigenvalue weighted by atomic mass is 35.5. The summed E-state index contributed by atoms with van der Waals surface area (Å²) in [4.78, 5) is 8.23.